The van der Waals surface area contributed by atoms with E-state index in [1.165, 1.54) is 26.1 Å². The largest absolute Gasteiger partial charge is 0.471 e. The van der Waals surface area contributed by atoms with Gasteiger partial charge in [0.05, 0.1) is 13.5 Å². The summed E-state index contributed by atoms with van der Waals surface area (Å²) in [6.45, 7) is 4.51. The Morgan fingerprint density at radius 1 is 1.17 bits per heavy atom. The predicted octanol–water partition coefficient (Wildman–Crippen LogP) is 1.79. The van der Waals surface area contributed by atoms with Crippen molar-refractivity contribution in [3.8, 4) is 0 Å². The molecule has 0 aromatic heterocycles. The van der Waals surface area contributed by atoms with E-state index in [4.69, 9.17) is 16.3 Å². The van der Waals surface area contributed by atoms with Crippen LogP contribution in [-0.4, -0.2) is 48.7 Å². The van der Waals surface area contributed by atoms with Crippen LogP contribution in [0.1, 0.15) is 27.2 Å². The topological polar surface area (TPSA) is 81.7 Å². The second-order valence-electron chi connectivity index (χ2n) is 5.68. The van der Waals surface area contributed by atoms with Gasteiger partial charge in [0, 0.05) is 11.8 Å². The normalized spacial score (nSPS) is 14.6. The van der Waals surface area contributed by atoms with Crippen LogP contribution < -0.4 is 5.32 Å². The highest BCUT2D eigenvalue weighted by molar-refractivity contribution is 6.18. The van der Waals surface area contributed by atoms with Crippen molar-refractivity contribution in [1.29, 1.82) is 0 Å². The summed E-state index contributed by atoms with van der Waals surface area (Å²) in [5.74, 6) is -5.72. The number of alkyl halides is 4. The first kappa shape index (κ1) is 21.5. The number of halogens is 4. The molecule has 10 heteroatoms. The molecule has 0 radical (unpaired) electrons. The monoisotopic (exact) mass is 361 g/mol. The second kappa shape index (κ2) is 8.37. The molecule has 0 aromatic rings. The van der Waals surface area contributed by atoms with Gasteiger partial charge >= 0.3 is 24.0 Å². The minimum Gasteiger partial charge on any atom is -0.469 e. The van der Waals surface area contributed by atoms with Crippen molar-refractivity contribution < 1.29 is 37.0 Å². The van der Waals surface area contributed by atoms with Crippen molar-refractivity contribution in [2.75, 3.05) is 13.0 Å². The number of nitrogens with one attached hydrogen (secondary N) is 1. The zero-order valence-corrected chi connectivity index (χ0v) is 13.9. The lowest BCUT2D eigenvalue weighted by Gasteiger charge is -2.28. The Morgan fingerprint density at radius 2 is 1.70 bits per heavy atom. The number of rotatable bonds is 6. The summed E-state index contributed by atoms with van der Waals surface area (Å²) in [5, 5.41) is 1.53. The van der Waals surface area contributed by atoms with Crippen LogP contribution in [0.4, 0.5) is 13.2 Å². The molecule has 0 aliphatic rings. The Bertz CT molecular complexity index is 448. The number of hydrogen-bond donors (Lipinski definition) is 1. The SMILES string of the molecule is COC(=O)C[C@@H](CCl)[C@@H](NC(=O)C(F)(F)F)C(=O)OC(C)(C)C. The summed E-state index contributed by atoms with van der Waals surface area (Å²) in [6.07, 6.45) is -5.65. The highest BCUT2D eigenvalue weighted by Crippen LogP contribution is 2.20. The van der Waals surface area contributed by atoms with Crippen LogP contribution in [0.15, 0.2) is 0 Å². The third-order valence-corrected chi connectivity index (χ3v) is 2.93. The van der Waals surface area contributed by atoms with Crippen molar-refractivity contribution in [2.24, 2.45) is 5.92 Å². The van der Waals surface area contributed by atoms with Gasteiger partial charge < -0.3 is 14.8 Å². The molecule has 0 saturated heterocycles. The van der Waals surface area contributed by atoms with Crippen molar-refractivity contribution in [3.63, 3.8) is 0 Å². The van der Waals surface area contributed by atoms with E-state index >= 15 is 0 Å². The third kappa shape index (κ3) is 8.06. The first-order valence-corrected chi connectivity index (χ1v) is 7.08. The summed E-state index contributed by atoms with van der Waals surface area (Å²) in [6, 6.07) is -1.74. The van der Waals surface area contributed by atoms with E-state index in [2.05, 4.69) is 4.74 Å². The van der Waals surface area contributed by atoms with Gasteiger partial charge in [-0.15, -0.1) is 11.6 Å². The van der Waals surface area contributed by atoms with E-state index in [1.54, 1.807) is 0 Å². The highest BCUT2D eigenvalue weighted by atomic mass is 35.5. The van der Waals surface area contributed by atoms with Crippen LogP contribution in [0, 0.1) is 5.92 Å². The molecule has 0 aromatic carbocycles. The molecule has 6 nitrogen and oxygen atoms in total. The Balaban J connectivity index is 5.37. The Labute approximate surface area is 136 Å². The third-order valence-electron chi connectivity index (χ3n) is 2.53. The van der Waals surface area contributed by atoms with Crippen LogP contribution in [0.5, 0.6) is 0 Å². The average Bonchev–Trinajstić information content (AvgIpc) is 2.38. The lowest BCUT2D eigenvalue weighted by atomic mass is 9.97. The molecule has 0 spiro atoms. The smallest absolute Gasteiger partial charge is 0.469 e. The van der Waals surface area contributed by atoms with Gasteiger partial charge in [-0.25, -0.2) is 4.79 Å². The first-order chi connectivity index (χ1) is 10.3. The van der Waals surface area contributed by atoms with Crippen LogP contribution in [0.25, 0.3) is 0 Å². The van der Waals surface area contributed by atoms with Crippen LogP contribution in [0.3, 0.4) is 0 Å². The molecule has 0 aliphatic heterocycles. The maximum absolute atomic E-state index is 12.4. The molecule has 0 rings (SSSR count). The second-order valence-corrected chi connectivity index (χ2v) is 5.99. The lowest BCUT2D eigenvalue weighted by Crippen LogP contribution is -2.53. The van der Waals surface area contributed by atoms with E-state index < -0.39 is 48.0 Å². The molecule has 1 N–H and O–H groups in total. The van der Waals surface area contributed by atoms with Crippen LogP contribution in [0.2, 0.25) is 0 Å². The van der Waals surface area contributed by atoms with Gasteiger partial charge in [0.25, 0.3) is 0 Å². The van der Waals surface area contributed by atoms with Gasteiger partial charge in [0.15, 0.2) is 0 Å². The maximum atomic E-state index is 12.4. The molecule has 0 unspecified atom stereocenters. The minimum absolute atomic E-state index is 0.364. The summed E-state index contributed by atoms with van der Waals surface area (Å²) in [5.41, 5.74) is -1.000. The van der Waals surface area contributed by atoms with E-state index in [0.717, 1.165) is 7.11 Å². The van der Waals surface area contributed by atoms with Gasteiger partial charge in [-0.3, -0.25) is 9.59 Å². The molecule has 0 bridgehead atoms. The van der Waals surface area contributed by atoms with Gasteiger partial charge in [-0.1, -0.05) is 0 Å². The number of esters is 2. The Hall–Kier alpha value is -1.51. The summed E-state index contributed by atoms with van der Waals surface area (Å²) in [4.78, 5) is 34.5. The molecular weight excluding hydrogens is 343 g/mol. The van der Waals surface area contributed by atoms with Gasteiger partial charge in [0.2, 0.25) is 0 Å². The molecule has 0 aliphatic carbocycles. The molecule has 23 heavy (non-hydrogen) atoms. The zero-order chi connectivity index (χ0) is 18.4. The van der Waals surface area contributed by atoms with Crippen molar-refractivity contribution in [1.82, 2.24) is 5.32 Å². The minimum atomic E-state index is -5.19. The number of carbonyl (C=O) groups is 3. The van der Waals surface area contributed by atoms with E-state index in [1.807, 2.05) is 0 Å². The fraction of sp³-hybridized carbons (Fsp3) is 0.769. The number of carbonyl (C=O) groups excluding carboxylic acids is 3. The van der Waals surface area contributed by atoms with Gasteiger partial charge in [-0.2, -0.15) is 13.2 Å². The standard InChI is InChI=1S/C13H19ClF3NO5/c1-12(2,3)23-10(20)9(18-11(21)13(15,16)17)7(6-14)5-8(19)22-4/h7,9H,5-6H2,1-4H3,(H,18,21)/t7-,9+/m0/s1. The Kier molecular flexibility index (Phi) is 7.82. The molecule has 1 amide bonds. The molecule has 0 fully saturated rings. The summed E-state index contributed by atoms with van der Waals surface area (Å²) < 4.78 is 46.6. The van der Waals surface area contributed by atoms with Crippen molar-refractivity contribution in [3.05, 3.63) is 0 Å². The summed E-state index contributed by atoms with van der Waals surface area (Å²) >= 11 is 5.63. The fourth-order valence-electron chi connectivity index (χ4n) is 1.52. The lowest BCUT2D eigenvalue weighted by molar-refractivity contribution is -0.178. The first-order valence-electron chi connectivity index (χ1n) is 6.55. The molecule has 2 atom stereocenters. The fourth-order valence-corrected chi connectivity index (χ4v) is 1.80. The van der Waals surface area contributed by atoms with Gasteiger partial charge in [0.1, 0.15) is 11.6 Å². The highest BCUT2D eigenvalue weighted by Gasteiger charge is 2.43. The molecular formula is C13H19ClF3NO5. The van der Waals surface area contributed by atoms with E-state index in [-0.39, 0.29) is 5.88 Å². The van der Waals surface area contributed by atoms with Crippen LogP contribution in [-0.2, 0) is 23.9 Å². The quantitative estimate of drug-likeness (QED) is 0.576. The van der Waals surface area contributed by atoms with E-state index in [9.17, 15) is 27.6 Å². The maximum Gasteiger partial charge on any atom is 0.471 e. The molecule has 0 heterocycles. The molecule has 0 saturated carbocycles. The number of ether oxygens (including phenoxy) is 2. The Morgan fingerprint density at radius 3 is 2.04 bits per heavy atom. The molecule has 134 valence electrons. The number of amides is 1. The average molecular weight is 362 g/mol. The van der Waals surface area contributed by atoms with E-state index in [0.29, 0.717) is 0 Å². The van der Waals surface area contributed by atoms with Gasteiger partial charge in [-0.05, 0) is 20.8 Å². The number of methoxy groups -OCH3 is 1. The summed E-state index contributed by atoms with van der Waals surface area (Å²) in [7, 11) is 1.07. The zero-order valence-electron chi connectivity index (χ0n) is 13.1. The number of hydrogen-bond acceptors (Lipinski definition) is 5. The van der Waals surface area contributed by atoms with Crippen molar-refractivity contribution in [2.45, 2.75) is 45.0 Å². The van der Waals surface area contributed by atoms with Crippen molar-refractivity contribution >= 4 is 29.4 Å². The predicted molar refractivity (Wildman–Crippen MR) is 74.7 cm³/mol. The van der Waals surface area contributed by atoms with Crippen LogP contribution >= 0.6 is 11.6 Å².